The zero-order chi connectivity index (χ0) is 20.7. The molecule has 0 saturated carbocycles. The van der Waals surface area contributed by atoms with Gasteiger partial charge in [0.1, 0.15) is 11.9 Å². The Hall–Kier alpha value is -2.29. The predicted octanol–water partition coefficient (Wildman–Crippen LogP) is 4.65. The fourth-order valence-electron chi connectivity index (χ4n) is 2.98. The molecule has 1 saturated heterocycles. The van der Waals surface area contributed by atoms with Gasteiger partial charge in [0.2, 0.25) is 11.8 Å². The van der Waals surface area contributed by atoms with E-state index in [1.54, 1.807) is 11.0 Å². The SMILES string of the molecule is CC(C)(C)c1cc(NC(=O)[C@@H]2CCCN2c2ncc(C(F)(F)F)cc2Cl)on1. The van der Waals surface area contributed by atoms with Crippen molar-refractivity contribution in [3.8, 4) is 0 Å². The van der Waals surface area contributed by atoms with Gasteiger partial charge in [-0.05, 0) is 18.9 Å². The molecule has 1 amide bonds. The topological polar surface area (TPSA) is 71.3 Å². The van der Waals surface area contributed by atoms with Crippen LogP contribution in [0.15, 0.2) is 22.9 Å². The molecular formula is C18H20ClF3N4O2. The first-order valence-electron chi connectivity index (χ1n) is 8.74. The van der Waals surface area contributed by atoms with Crippen LogP contribution in [0.4, 0.5) is 24.9 Å². The number of amides is 1. The lowest BCUT2D eigenvalue weighted by molar-refractivity contribution is -0.137. The summed E-state index contributed by atoms with van der Waals surface area (Å²) in [6.45, 7) is 6.36. The van der Waals surface area contributed by atoms with Crippen LogP contribution in [-0.4, -0.2) is 28.6 Å². The molecule has 3 rings (SSSR count). The van der Waals surface area contributed by atoms with E-state index in [1.807, 2.05) is 20.8 Å². The second-order valence-corrected chi connectivity index (χ2v) is 8.10. The molecule has 0 radical (unpaired) electrons. The largest absolute Gasteiger partial charge is 0.417 e. The minimum Gasteiger partial charge on any atom is -0.343 e. The van der Waals surface area contributed by atoms with Crippen LogP contribution in [0.3, 0.4) is 0 Å². The molecule has 1 aliphatic heterocycles. The summed E-state index contributed by atoms with van der Waals surface area (Å²) in [7, 11) is 0. The maximum atomic E-state index is 12.8. The van der Waals surface area contributed by atoms with Crippen molar-refractivity contribution >= 4 is 29.2 Å². The van der Waals surface area contributed by atoms with Gasteiger partial charge in [0.15, 0.2) is 0 Å². The Morgan fingerprint density at radius 3 is 2.61 bits per heavy atom. The average Bonchev–Trinajstić information content (AvgIpc) is 3.22. The van der Waals surface area contributed by atoms with Gasteiger partial charge in [0, 0.05) is 24.2 Å². The van der Waals surface area contributed by atoms with Crippen molar-refractivity contribution in [2.75, 3.05) is 16.8 Å². The van der Waals surface area contributed by atoms with Gasteiger partial charge in [-0.25, -0.2) is 4.98 Å². The Morgan fingerprint density at radius 1 is 1.32 bits per heavy atom. The first-order chi connectivity index (χ1) is 13.0. The average molecular weight is 417 g/mol. The highest BCUT2D eigenvalue weighted by Crippen LogP contribution is 2.36. The maximum Gasteiger partial charge on any atom is 0.417 e. The molecule has 0 aliphatic carbocycles. The first-order valence-corrected chi connectivity index (χ1v) is 9.12. The second-order valence-electron chi connectivity index (χ2n) is 7.69. The van der Waals surface area contributed by atoms with E-state index in [0.717, 1.165) is 12.3 Å². The monoisotopic (exact) mass is 416 g/mol. The lowest BCUT2D eigenvalue weighted by atomic mass is 9.92. The van der Waals surface area contributed by atoms with Gasteiger partial charge >= 0.3 is 6.18 Å². The summed E-state index contributed by atoms with van der Waals surface area (Å²) < 4.78 is 43.6. The van der Waals surface area contributed by atoms with E-state index in [4.69, 9.17) is 16.1 Å². The molecule has 0 bridgehead atoms. The van der Waals surface area contributed by atoms with E-state index in [1.165, 1.54) is 0 Å². The molecule has 1 aliphatic rings. The highest BCUT2D eigenvalue weighted by atomic mass is 35.5. The van der Waals surface area contributed by atoms with Gasteiger partial charge in [0.05, 0.1) is 16.3 Å². The van der Waals surface area contributed by atoms with Crippen molar-refractivity contribution in [3.05, 3.63) is 34.6 Å². The van der Waals surface area contributed by atoms with Crippen molar-refractivity contribution in [1.82, 2.24) is 10.1 Å². The van der Waals surface area contributed by atoms with Crippen molar-refractivity contribution in [2.45, 2.75) is 51.2 Å². The third-order valence-corrected chi connectivity index (χ3v) is 4.78. The number of pyridine rings is 1. The van der Waals surface area contributed by atoms with Crippen molar-refractivity contribution in [2.24, 2.45) is 0 Å². The van der Waals surface area contributed by atoms with E-state index in [-0.39, 0.29) is 28.0 Å². The van der Waals surface area contributed by atoms with E-state index in [2.05, 4.69) is 15.5 Å². The second kappa shape index (κ2) is 7.27. The van der Waals surface area contributed by atoms with E-state index >= 15 is 0 Å². The van der Waals surface area contributed by atoms with Crippen LogP contribution in [-0.2, 0) is 16.4 Å². The first kappa shape index (κ1) is 20.4. The van der Waals surface area contributed by atoms with Crippen molar-refractivity contribution < 1.29 is 22.5 Å². The number of nitrogens with one attached hydrogen (secondary N) is 1. The lowest BCUT2D eigenvalue weighted by Gasteiger charge is -2.25. The zero-order valence-corrected chi connectivity index (χ0v) is 16.4. The fourth-order valence-corrected chi connectivity index (χ4v) is 3.26. The van der Waals surface area contributed by atoms with E-state index in [0.29, 0.717) is 25.1 Å². The summed E-state index contributed by atoms with van der Waals surface area (Å²) >= 11 is 6.03. The van der Waals surface area contributed by atoms with Crippen LogP contribution in [0.1, 0.15) is 44.9 Å². The summed E-state index contributed by atoms with van der Waals surface area (Å²) in [6.07, 6.45) is -2.61. The lowest BCUT2D eigenvalue weighted by Crippen LogP contribution is -2.40. The minimum atomic E-state index is -4.53. The maximum absolute atomic E-state index is 12.8. The summed E-state index contributed by atoms with van der Waals surface area (Å²) in [5, 5.41) is 6.47. The molecule has 28 heavy (non-hydrogen) atoms. The highest BCUT2D eigenvalue weighted by Gasteiger charge is 2.36. The van der Waals surface area contributed by atoms with Crippen LogP contribution < -0.4 is 10.2 Å². The standard InChI is InChI=1S/C18H20ClF3N4O2/c1-17(2,3)13-8-14(28-25-13)24-16(27)12-5-4-6-26(12)15-11(19)7-10(9-23-15)18(20,21)22/h7-9,12H,4-6H2,1-3H3,(H,24,27)/t12-/m0/s1. The number of aromatic nitrogens is 2. The van der Waals surface area contributed by atoms with E-state index in [9.17, 15) is 18.0 Å². The van der Waals surface area contributed by atoms with Crippen molar-refractivity contribution in [3.63, 3.8) is 0 Å². The smallest absolute Gasteiger partial charge is 0.343 e. The summed E-state index contributed by atoms with van der Waals surface area (Å²) in [6, 6.07) is 1.86. The zero-order valence-electron chi connectivity index (χ0n) is 15.6. The van der Waals surface area contributed by atoms with Gasteiger partial charge in [0.25, 0.3) is 0 Å². The van der Waals surface area contributed by atoms with E-state index < -0.39 is 17.8 Å². The van der Waals surface area contributed by atoms with Crippen LogP contribution in [0, 0.1) is 0 Å². The Bertz CT molecular complexity index is 876. The molecule has 0 unspecified atom stereocenters. The van der Waals surface area contributed by atoms with Crippen LogP contribution in [0.5, 0.6) is 0 Å². The molecule has 152 valence electrons. The number of rotatable bonds is 3. The van der Waals surface area contributed by atoms with Gasteiger partial charge in [-0.15, -0.1) is 0 Å². The number of hydrogen-bond acceptors (Lipinski definition) is 5. The van der Waals surface area contributed by atoms with Crippen LogP contribution in [0.25, 0.3) is 0 Å². The quantitative estimate of drug-likeness (QED) is 0.788. The molecule has 2 aromatic heterocycles. The molecular weight excluding hydrogens is 397 g/mol. The number of carbonyl (C=O) groups is 1. The number of anilines is 2. The number of alkyl halides is 3. The molecule has 10 heteroatoms. The summed E-state index contributed by atoms with van der Waals surface area (Å²) in [5.41, 5.74) is -0.472. The predicted molar refractivity (Wildman–Crippen MR) is 98.4 cm³/mol. The van der Waals surface area contributed by atoms with Crippen LogP contribution >= 0.6 is 11.6 Å². The van der Waals surface area contributed by atoms with Gasteiger partial charge in [-0.2, -0.15) is 13.2 Å². The summed E-state index contributed by atoms with van der Waals surface area (Å²) in [4.78, 5) is 18.2. The molecule has 6 nitrogen and oxygen atoms in total. The Morgan fingerprint density at radius 2 is 2.04 bits per heavy atom. The number of hydrogen-bond donors (Lipinski definition) is 1. The fraction of sp³-hybridized carbons (Fsp3) is 0.500. The van der Waals surface area contributed by atoms with Gasteiger partial charge < -0.3 is 9.42 Å². The normalized spacial score (nSPS) is 17.8. The highest BCUT2D eigenvalue weighted by molar-refractivity contribution is 6.33. The number of nitrogens with zero attached hydrogens (tertiary/aromatic N) is 3. The Labute approximate surface area is 165 Å². The third-order valence-electron chi connectivity index (χ3n) is 4.50. The molecule has 2 aromatic rings. The number of halogens is 4. The molecule has 3 heterocycles. The molecule has 1 N–H and O–H groups in total. The van der Waals surface area contributed by atoms with Crippen LogP contribution in [0.2, 0.25) is 5.02 Å². The Kier molecular flexibility index (Phi) is 5.31. The van der Waals surface area contributed by atoms with Crippen molar-refractivity contribution in [1.29, 1.82) is 0 Å². The molecule has 1 atom stereocenters. The molecule has 0 spiro atoms. The van der Waals surface area contributed by atoms with Gasteiger partial charge in [-0.1, -0.05) is 37.5 Å². The molecule has 0 aromatic carbocycles. The third kappa shape index (κ3) is 4.24. The minimum absolute atomic E-state index is 0.149. The van der Waals surface area contributed by atoms with Gasteiger partial charge in [-0.3, -0.25) is 10.1 Å². The number of carbonyl (C=O) groups excluding carboxylic acids is 1. The Balaban J connectivity index is 1.77. The summed E-state index contributed by atoms with van der Waals surface area (Å²) in [5.74, 6) is 0.0143. The molecule has 1 fully saturated rings.